The summed E-state index contributed by atoms with van der Waals surface area (Å²) < 4.78 is 5.65. The summed E-state index contributed by atoms with van der Waals surface area (Å²) in [5.74, 6) is 0.456. The minimum atomic E-state index is -0.308. The molecule has 4 heteroatoms. The van der Waals surface area contributed by atoms with Gasteiger partial charge in [0.05, 0.1) is 30.6 Å². The molecule has 174 valence electrons. The molecule has 0 aromatic heterocycles. The van der Waals surface area contributed by atoms with Gasteiger partial charge in [-0.1, -0.05) is 94.4 Å². The number of carbonyl (C=O) groups is 2. The van der Waals surface area contributed by atoms with Gasteiger partial charge in [0.2, 0.25) is 11.8 Å². The number of nitrogens with zero attached hydrogens (tertiary/aromatic N) is 1. The lowest BCUT2D eigenvalue weighted by atomic mass is 9.85. The van der Waals surface area contributed by atoms with E-state index in [1.54, 1.807) is 0 Å². The van der Waals surface area contributed by atoms with E-state index in [-0.39, 0.29) is 35.9 Å². The predicted octanol–water partition coefficient (Wildman–Crippen LogP) is 5.84. The lowest BCUT2D eigenvalue weighted by molar-refractivity contribution is -0.143. The molecule has 5 rings (SSSR count). The number of imide groups is 1. The molecule has 2 aromatic carbocycles. The van der Waals surface area contributed by atoms with Crippen LogP contribution in [0.1, 0.15) is 69.1 Å². The number of likely N-dealkylation sites (tertiary alicyclic amines) is 1. The number of fused-ring (bicyclic) bond motifs is 5. The summed E-state index contributed by atoms with van der Waals surface area (Å²) in [4.78, 5) is 26.6. The van der Waals surface area contributed by atoms with Crippen LogP contribution in [-0.2, 0) is 20.9 Å². The van der Waals surface area contributed by atoms with Crippen LogP contribution in [0.25, 0.3) is 0 Å². The van der Waals surface area contributed by atoms with E-state index in [0.717, 1.165) is 12.0 Å². The molecular formula is C29H35NO3. The highest BCUT2D eigenvalue weighted by molar-refractivity contribution is 6.06. The van der Waals surface area contributed by atoms with Crippen molar-refractivity contribution in [3.63, 3.8) is 0 Å². The number of amides is 2. The van der Waals surface area contributed by atoms with E-state index in [1.807, 2.05) is 24.3 Å². The second kappa shape index (κ2) is 10.0. The summed E-state index contributed by atoms with van der Waals surface area (Å²) in [7, 11) is 0. The molecule has 6 unspecified atom stereocenters. The van der Waals surface area contributed by atoms with Crippen molar-refractivity contribution in [2.45, 2.75) is 71.1 Å². The molecule has 3 aliphatic heterocycles. The Kier molecular flexibility index (Phi) is 7.14. The maximum Gasteiger partial charge on any atom is 0.236 e. The van der Waals surface area contributed by atoms with Gasteiger partial charge in [-0.15, -0.1) is 0 Å². The Morgan fingerprint density at radius 3 is 1.73 bits per heavy atom. The van der Waals surface area contributed by atoms with Crippen molar-refractivity contribution in [1.82, 2.24) is 4.90 Å². The van der Waals surface area contributed by atoms with E-state index in [0.29, 0.717) is 18.4 Å². The van der Waals surface area contributed by atoms with Gasteiger partial charge in [0, 0.05) is 0 Å². The van der Waals surface area contributed by atoms with Crippen LogP contribution in [0, 0.1) is 11.8 Å². The normalized spacial score (nSPS) is 26.7. The van der Waals surface area contributed by atoms with Gasteiger partial charge in [-0.2, -0.15) is 0 Å². The van der Waals surface area contributed by atoms with Gasteiger partial charge in [-0.05, 0) is 41.4 Å². The van der Waals surface area contributed by atoms with Gasteiger partial charge in [-0.3, -0.25) is 14.5 Å². The van der Waals surface area contributed by atoms with Crippen molar-refractivity contribution in [2.75, 3.05) is 0 Å². The third-order valence-electron chi connectivity index (χ3n) is 7.48. The van der Waals surface area contributed by atoms with E-state index in [9.17, 15) is 9.59 Å². The molecule has 6 atom stereocenters. The second-order valence-corrected chi connectivity index (χ2v) is 9.54. The van der Waals surface area contributed by atoms with E-state index < -0.39 is 0 Å². The van der Waals surface area contributed by atoms with Crippen molar-refractivity contribution in [3.05, 3.63) is 83.4 Å². The van der Waals surface area contributed by atoms with Gasteiger partial charge < -0.3 is 4.74 Å². The lowest BCUT2D eigenvalue weighted by Gasteiger charge is -2.18. The van der Waals surface area contributed by atoms with Crippen LogP contribution in [0.5, 0.6) is 0 Å². The van der Waals surface area contributed by atoms with Crippen LogP contribution in [0.3, 0.4) is 0 Å². The zero-order chi connectivity index (χ0) is 23.5. The topological polar surface area (TPSA) is 46.6 Å². The van der Waals surface area contributed by atoms with E-state index in [2.05, 4.69) is 70.2 Å². The molecule has 0 N–H and O–H groups in total. The average molecular weight is 446 g/mol. The first-order valence-electron chi connectivity index (χ1n) is 12.3. The second-order valence-electron chi connectivity index (χ2n) is 9.54. The van der Waals surface area contributed by atoms with Crippen LogP contribution in [0.4, 0.5) is 0 Å². The molecule has 4 nitrogen and oxygen atoms in total. The van der Waals surface area contributed by atoms with Crippen LogP contribution in [-0.4, -0.2) is 28.9 Å². The smallest absolute Gasteiger partial charge is 0.236 e. The fourth-order valence-corrected chi connectivity index (χ4v) is 4.91. The Balaban J connectivity index is 0.000000219. The largest absolute Gasteiger partial charge is 0.365 e. The zero-order valence-corrected chi connectivity index (χ0v) is 20.1. The first kappa shape index (κ1) is 23.4. The SMILES string of the molecule is CCC(C)c1ccc(CN2C(=O)C3C4C=CC(O4)C3C2=O)cc1.CCC(C)c1ccccc1. The summed E-state index contributed by atoms with van der Waals surface area (Å²) in [6, 6.07) is 18.9. The Labute approximate surface area is 197 Å². The Morgan fingerprint density at radius 1 is 0.758 bits per heavy atom. The van der Waals surface area contributed by atoms with Crippen molar-refractivity contribution in [3.8, 4) is 0 Å². The maximum absolute atomic E-state index is 12.6. The lowest BCUT2D eigenvalue weighted by Crippen LogP contribution is -2.33. The number of benzene rings is 2. The predicted molar refractivity (Wildman–Crippen MR) is 131 cm³/mol. The Morgan fingerprint density at radius 2 is 1.24 bits per heavy atom. The summed E-state index contributed by atoms with van der Waals surface area (Å²) >= 11 is 0. The summed E-state index contributed by atoms with van der Waals surface area (Å²) in [5.41, 5.74) is 3.74. The Bertz CT molecular complexity index is 967. The van der Waals surface area contributed by atoms with Gasteiger partial charge in [-0.25, -0.2) is 0 Å². The maximum atomic E-state index is 12.6. The van der Waals surface area contributed by atoms with E-state index in [4.69, 9.17) is 4.74 Å². The van der Waals surface area contributed by atoms with Crippen molar-refractivity contribution in [2.24, 2.45) is 11.8 Å². The number of hydrogen-bond acceptors (Lipinski definition) is 3. The minimum Gasteiger partial charge on any atom is -0.365 e. The number of carbonyl (C=O) groups excluding carboxylic acids is 2. The fourth-order valence-electron chi connectivity index (χ4n) is 4.91. The van der Waals surface area contributed by atoms with Crippen LogP contribution < -0.4 is 0 Å². The summed E-state index contributed by atoms with van der Waals surface area (Å²) in [6.07, 6.45) is 5.74. The molecule has 0 aliphatic carbocycles. The minimum absolute atomic E-state index is 0.0807. The van der Waals surface area contributed by atoms with Gasteiger partial charge in [0.25, 0.3) is 0 Å². The van der Waals surface area contributed by atoms with Gasteiger partial charge in [0.15, 0.2) is 0 Å². The highest BCUT2D eigenvalue weighted by Gasteiger charge is 2.60. The first-order valence-corrected chi connectivity index (χ1v) is 12.3. The highest BCUT2D eigenvalue weighted by Crippen LogP contribution is 2.45. The molecule has 2 amide bonds. The summed E-state index contributed by atoms with van der Waals surface area (Å²) in [6.45, 7) is 9.22. The molecule has 2 saturated heterocycles. The Hall–Kier alpha value is -2.72. The molecule has 2 fully saturated rings. The van der Waals surface area contributed by atoms with Gasteiger partial charge >= 0.3 is 0 Å². The molecule has 3 aliphatic rings. The molecule has 3 heterocycles. The zero-order valence-electron chi connectivity index (χ0n) is 20.1. The van der Waals surface area contributed by atoms with Crippen LogP contribution in [0.15, 0.2) is 66.7 Å². The molecule has 2 bridgehead atoms. The molecule has 33 heavy (non-hydrogen) atoms. The standard InChI is InChI=1S/C19H21NO3.C10H14/c1-3-11(2)13-6-4-12(5-7-13)10-20-18(21)16-14-8-9-15(23-14)17(16)19(20)22;1-3-9(2)10-7-5-4-6-8-10/h4-9,11,14-17H,3,10H2,1-2H3;4-9H,3H2,1-2H3. The molecular weight excluding hydrogens is 410 g/mol. The third kappa shape index (κ3) is 4.67. The summed E-state index contributed by atoms with van der Waals surface area (Å²) in [5, 5.41) is 0. The molecule has 2 aromatic rings. The van der Waals surface area contributed by atoms with Crippen molar-refractivity contribution >= 4 is 11.8 Å². The quantitative estimate of drug-likeness (QED) is 0.415. The molecule has 0 spiro atoms. The first-order chi connectivity index (χ1) is 15.9. The number of rotatable bonds is 6. The fraction of sp³-hybridized carbons (Fsp3) is 0.448. The number of ether oxygens (including phenoxy) is 1. The van der Waals surface area contributed by atoms with Crippen LogP contribution >= 0.6 is 0 Å². The van der Waals surface area contributed by atoms with E-state index >= 15 is 0 Å². The molecule has 0 radical (unpaired) electrons. The number of hydrogen-bond donors (Lipinski definition) is 0. The highest BCUT2D eigenvalue weighted by atomic mass is 16.5. The van der Waals surface area contributed by atoms with E-state index in [1.165, 1.54) is 22.4 Å². The van der Waals surface area contributed by atoms with Gasteiger partial charge in [0.1, 0.15) is 0 Å². The monoisotopic (exact) mass is 445 g/mol. The average Bonchev–Trinajstić information content (AvgIpc) is 3.55. The molecule has 0 saturated carbocycles. The van der Waals surface area contributed by atoms with Crippen LogP contribution in [0.2, 0.25) is 0 Å². The van der Waals surface area contributed by atoms with Crippen molar-refractivity contribution < 1.29 is 14.3 Å². The third-order valence-corrected chi connectivity index (χ3v) is 7.48. The van der Waals surface area contributed by atoms with Crippen molar-refractivity contribution in [1.29, 1.82) is 0 Å².